The summed E-state index contributed by atoms with van der Waals surface area (Å²) in [5.41, 5.74) is 2.42. The number of aromatic nitrogens is 3. The zero-order valence-electron chi connectivity index (χ0n) is 17.3. The minimum Gasteiger partial charge on any atom is -0.338 e. The van der Waals surface area contributed by atoms with Crippen molar-refractivity contribution in [1.29, 1.82) is 0 Å². The Labute approximate surface area is 188 Å². The summed E-state index contributed by atoms with van der Waals surface area (Å²) in [4.78, 5) is 15.2. The lowest BCUT2D eigenvalue weighted by Crippen LogP contribution is -2.48. The lowest BCUT2D eigenvalue weighted by molar-refractivity contribution is 0.404. The highest BCUT2D eigenvalue weighted by Gasteiger charge is 2.25. The Kier molecular flexibility index (Phi) is 6.60. The number of nitrogens with zero attached hydrogens (tertiary/aromatic N) is 5. The molecule has 0 aliphatic carbocycles. The van der Waals surface area contributed by atoms with Gasteiger partial charge in [0.1, 0.15) is 0 Å². The first-order valence-electron chi connectivity index (χ1n) is 10.1. The molecule has 2 aromatic heterocycles. The summed E-state index contributed by atoms with van der Waals surface area (Å²) >= 11 is 6.03. The molecular weight excluding hydrogens is 437 g/mol. The molecule has 1 unspecified atom stereocenters. The third-order valence-corrected chi connectivity index (χ3v) is 7.07. The number of hydrogen-bond donors (Lipinski definition) is 0. The second kappa shape index (κ2) is 9.38. The van der Waals surface area contributed by atoms with Gasteiger partial charge in [0.2, 0.25) is 5.95 Å². The number of hydrogen-bond acceptors (Lipinski definition) is 5. The maximum absolute atomic E-state index is 14.6. The van der Waals surface area contributed by atoms with Crippen LogP contribution < -0.4 is 4.90 Å². The van der Waals surface area contributed by atoms with E-state index < -0.39 is 16.8 Å². The maximum atomic E-state index is 14.6. The minimum absolute atomic E-state index is 0.0859. The molecule has 1 fully saturated rings. The van der Waals surface area contributed by atoms with Gasteiger partial charge in [0.25, 0.3) is 0 Å². The predicted octanol–water partition coefficient (Wildman–Crippen LogP) is 4.19. The number of pyridine rings is 1. The minimum atomic E-state index is -0.999. The summed E-state index contributed by atoms with van der Waals surface area (Å²) in [5, 5.41) is 0.706. The molecule has 9 heteroatoms. The van der Waals surface area contributed by atoms with Gasteiger partial charge in [-0.25, -0.2) is 22.9 Å². The summed E-state index contributed by atoms with van der Waals surface area (Å²) in [6.07, 6.45) is 4.45. The van der Waals surface area contributed by atoms with Gasteiger partial charge in [0.15, 0.2) is 5.82 Å². The normalized spacial score (nSPS) is 16.0. The van der Waals surface area contributed by atoms with Crippen LogP contribution in [-0.2, 0) is 11.0 Å². The topological polar surface area (TPSA) is 62.2 Å². The molecule has 0 N–H and O–H groups in total. The third-order valence-electron chi connectivity index (χ3n) is 5.14. The molecule has 6 nitrogen and oxygen atoms in total. The Bertz CT molecular complexity index is 1090. The van der Waals surface area contributed by atoms with E-state index in [4.69, 9.17) is 16.6 Å². The highest BCUT2D eigenvalue weighted by atomic mass is 35.5. The monoisotopic (exact) mass is 459 g/mol. The van der Waals surface area contributed by atoms with Gasteiger partial charge in [-0.1, -0.05) is 23.7 Å². The lowest BCUT2D eigenvalue weighted by atomic mass is 10.0. The second-order valence-corrected chi connectivity index (χ2v) is 9.98. The van der Waals surface area contributed by atoms with Gasteiger partial charge in [0, 0.05) is 60.0 Å². The average Bonchev–Trinajstić information content (AvgIpc) is 2.79. The highest BCUT2D eigenvalue weighted by Crippen LogP contribution is 2.33. The van der Waals surface area contributed by atoms with Crippen molar-refractivity contribution in [3.05, 3.63) is 59.8 Å². The third kappa shape index (κ3) is 4.76. The molecule has 0 bridgehead atoms. The van der Waals surface area contributed by atoms with E-state index in [0.29, 0.717) is 54.0 Å². The molecule has 1 atom stereocenters. The summed E-state index contributed by atoms with van der Waals surface area (Å²) < 4.78 is 29.0. The molecule has 0 spiro atoms. The Morgan fingerprint density at radius 2 is 1.74 bits per heavy atom. The van der Waals surface area contributed by atoms with Gasteiger partial charge in [0.05, 0.1) is 22.9 Å². The fraction of sp³-hybridized carbons (Fsp3) is 0.318. The average molecular weight is 460 g/mol. The molecule has 3 aromatic rings. The zero-order chi connectivity index (χ0) is 22.0. The number of halogens is 2. The smallest absolute Gasteiger partial charge is 0.225 e. The number of piperazine rings is 1. The van der Waals surface area contributed by atoms with Crippen LogP contribution >= 0.6 is 11.6 Å². The quantitative estimate of drug-likeness (QED) is 0.572. The molecule has 0 saturated carbocycles. The van der Waals surface area contributed by atoms with Gasteiger partial charge in [-0.2, -0.15) is 0 Å². The van der Waals surface area contributed by atoms with E-state index in [1.807, 2.05) is 35.2 Å². The highest BCUT2D eigenvalue weighted by molar-refractivity contribution is 7.83. The van der Waals surface area contributed by atoms with E-state index >= 15 is 0 Å². The summed E-state index contributed by atoms with van der Waals surface area (Å²) in [7, 11) is -0.999. The fourth-order valence-corrected chi connectivity index (χ4v) is 4.75. The SMILES string of the molecule is CC(C)S(=O)N1CCN(c2ncc(-c3ccc(Cl)cc3)c(-c3ccncc3F)n2)CC1. The van der Waals surface area contributed by atoms with E-state index in [1.54, 1.807) is 30.6 Å². The molecule has 1 saturated heterocycles. The fourth-order valence-electron chi connectivity index (χ4n) is 3.50. The molecule has 1 aliphatic rings. The number of benzene rings is 1. The molecule has 1 aromatic carbocycles. The van der Waals surface area contributed by atoms with Crippen molar-refractivity contribution in [3.8, 4) is 22.4 Å². The van der Waals surface area contributed by atoms with E-state index in [1.165, 1.54) is 6.20 Å². The van der Waals surface area contributed by atoms with Crippen molar-refractivity contribution >= 4 is 28.5 Å². The van der Waals surface area contributed by atoms with Crippen molar-refractivity contribution in [2.24, 2.45) is 0 Å². The van der Waals surface area contributed by atoms with Crippen LogP contribution in [0.2, 0.25) is 5.02 Å². The summed E-state index contributed by atoms with van der Waals surface area (Å²) in [5.74, 6) is 0.0819. The van der Waals surface area contributed by atoms with Crippen LogP contribution in [0.15, 0.2) is 48.9 Å². The van der Waals surface area contributed by atoms with Crippen LogP contribution in [0.5, 0.6) is 0 Å². The van der Waals surface area contributed by atoms with Crippen molar-refractivity contribution in [2.45, 2.75) is 19.1 Å². The van der Waals surface area contributed by atoms with Crippen LogP contribution in [0.4, 0.5) is 10.3 Å². The lowest BCUT2D eigenvalue weighted by Gasteiger charge is -2.34. The first kappa shape index (κ1) is 21.8. The molecule has 0 radical (unpaired) electrons. The Morgan fingerprint density at radius 3 is 2.39 bits per heavy atom. The molecule has 31 heavy (non-hydrogen) atoms. The van der Waals surface area contributed by atoms with Gasteiger partial charge < -0.3 is 4.90 Å². The van der Waals surface area contributed by atoms with Crippen molar-refractivity contribution < 1.29 is 8.60 Å². The molecule has 0 amide bonds. The van der Waals surface area contributed by atoms with Crippen LogP contribution in [0.1, 0.15) is 13.8 Å². The van der Waals surface area contributed by atoms with E-state index in [2.05, 4.69) is 9.97 Å². The van der Waals surface area contributed by atoms with E-state index in [0.717, 1.165) is 5.56 Å². The standard InChI is InChI=1S/C22H23ClFN5OS/c1-15(2)31(30)29-11-9-28(10-12-29)22-26-13-19(16-3-5-17(23)6-4-16)21(27-22)18-7-8-25-14-20(18)24/h3-8,13-15H,9-12H2,1-2H3. The second-order valence-electron chi connectivity index (χ2n) is 7.54. The van der Waals surface area contributed by atoms with Crippen molar-refractivity contribution in [1.82, 2.24) is 19.3 Å². The first-order valence-corrected chi connectivity index (χ1v) is 11.6. The van der Waals surface area contributed by atoms with Crippen LogP contribution in [0.25, 0.3) is 22.4 Å². The maximum Gasteiger partial charge on any atom is 0.225 e. The van der Waals surface area contributed by atoms with E-state index in [9.17, 15) is 8.60 Å². The van der Waals surface area contributed by atoms with Crippen molar-refractivity contribution in [3.63, 3.8) is 0 Å². The largest absolute Gasteiger partial charge is 0.338 e. The molecule has 3 heterocycles. The first-order chi connectivity index (χ1) is 14.9. The molecule has 4 rings (SSSR count). The predicted molar refractivity (Wildman–Crippen MR) is 123 cm³/mol. The van der Waals surface area contributed by atoms with Gasteiger partial charge in [-0.3, -0.25) is 4.98 Å². The van der Waals surface area contributed by atoms with Crippen LogP contribution in [-0.4, -0.2) is 54.9 Å². The molecule has 1 aliphatic heterocycles. The van der Waals surface area contributed by atoms with E-state index in [-0.39, 0.29) is 5.25 Å². The van der Waals surface area contributed by atoms with Gasteiger partial charge in [-0.15, -0.1) is 0 Å². The van der Waals surface area contributed by atoms with Crippen LogP contribution in [0.3, 0.4) is 0 Å². The summed E-state index contributed by atoms with van der Waals surface area (Å²) in [6, 6.07) is 8.91. The van der Waals surface area contributed by atoms with Crippen molar-refractivity contribution in [2.75, 3.05) is 31.1 Å². The molecule has 162 valence electrons. The molecular formula is C22H23ClFN5OS. The Balaban J connectivity index is 1.69. The van der Waals surface area contributed by atoms with Gasteiger partial charge >= 0.3 is 0 Å². The van der Waals surface area contributed by atoms with Gasteiger partial charge in [-0.05, 0) is 37.6 Å². The Morgan fingerprint density at radius 1 is 1.03 bits per heavy atom. The Hall–Kier alpha value is -2.42. The van der Waals surface area contributed by atoms with Crippen LogP contribution in [0, 0.1) is 5.82 Å². The number of anilines is 1. The number of rotatable bonds is 5. The summed E-state index contributed by atoms with van der Waals surface area (Å²) in [6.45, 7) is 6.53. The zero-order valence-corrected chi connectivity index (χ0v) is 18.9.